The molecule has 0 aromatic carbocycles. The van der Waals surface area contributed by atoms with Gasteiger partial charge in [-0.3, -0.25) is 9.88 Å². The first-order valence-electron chi connectivity index (χ1n) is 7.24. The van der Waals surface area contributed by atoms with E-state index in [0.29, 0.717) is 12.2 Å². The second-order valence-electron chi connectivity index (χ2n) is 5.16. The molecule has 2 unspecified atom stereocenters. The summed E-state index contributed by atoms with van der Waals surface area (Å²) < 4.78 is 6.05. The Balaban J connectivity index is 1.80. The minimum absolute atomic E-state index is 0.377. The van der Waals surface area contributed by atoms with Crippen LogP contribution in [0.3, 0.4) is 0 Å². The molecule has 1 saturated heterocycles. The highest BCUT2D eigenvalue weighted by atomic mass is 16.5. The summed E-state index contributed by atoms with van der Waals surface area (Å²) in [6.45, 7) is 6.11. The van der Waals surface area contributed by atoms with Crippen LogP contribution in [-0.2, 0) is 11.3 Å². The van der Waals surface area contributed by atoms with Crippen LogP contribution in [0.25, 0.3) is 0 Å². The molecular weight excluding hydrogens is 238 g/mol. The van der Waals surface area contributed by atoms with E-state index in [4.69, 9.17) is 4.74 Å². The third kappa shape index (κ3) is 4.56. The van der Waals surface area contributed by atoms with Gasteiger partial charge in [0, 0.05) is 25.8 Å². The molecule has 19 heavy (non-hydrogen) atoms. The minimum Gasteiger partial charge on any atom is -0.372 e. The zero-order valence-electron chi connectivity index (χ0n) is 12.0. The molecule has 2 rings (SSSR count). The number of rotatable bonds is 7. The summed E-state index contributed by atoms with van der Waals surface area (Å²) in [5.74, 6) is 0. The first-order chi connectivity index (χ1) is 9.31. The van der Waals surface area contributed by atoms with Crippen molar-refractivity contribution >= 4 is 0 Å². The second kappa shape index (κ2) is 7.58. The van der Waals surface area contributed by atoms with Crippen molar-refractivity contribution in [2.45, 2.75) is 38.5 Å². The van der Waals surface area contributed by atoms with E-state index >= 15 is 0 Å². The molecule has 1 aromatic heterocycles. The van der Waals surface area contributed by atoms with Crippen LogP contribution in [0, 0.1) is 0 Å². The molecule has 4 nitrogen and oxygen atoms in total. The summed E-state index contributed by atoms with van der Waals surface area (Å²) in [6.07, 6.45) is 4.97. The van der Waals surface area contributed by atoms with Crippen molar-refractivity contribution in [2.75, 3.05) is 26.7 Å². The number of nitrogens with zero attached hydrogens (tertiary/aromatic N) is 2. The molecule has 4 heteroatoms. The second-order valence-corrected chi connectivity index (χ2v) is 5.16. The predicted molar refractivity (Wildman–Crippen MR) is 77.0 cm³/mol. The molecule has 2 heterocycles. The molecule has 1 aromatic rings. The Morgan fingerprint density at radius 3 is 2.89 bits per heavy atom. The first kappa shape index (κ1) is 14.4. The normalized spacial score (nSPS) is 23.1. The number of likely N-dealkylation sites (N-methyl/N-ethyl adjacent to an activating group) is 2. The summed E-state index contributed by atoms with van der Waals surface area (Å²) in [5.41, 5.74) is 1.13. The monoisotopic (exact) mass is 263 g/mol. The zero-order valence-corrected chi connectivity index (χ0v) is 12.0. The number of hydrogen-bond acceptors (Lipinski definition) is 4. The molecule has 1 aliphatic rings. The summed E-state index contributed by atoms with van der Waals surface area (Å²) >= 11 is 0. The van der Waals surface area contributed by atoms with Crippen molar-refractivity contribution in [3.63, 3.8) is 0 Å². The van der Waals surface area contributed by atoms with Gasteiger partial charge in [0.05, 0.1) is 17.9 Å². The molecule has 0 radical (unpaired) electrons. The van der Waals surface area contributed by atoms with Gasteiger partial charge in [-0.15, -0.1) is 0 Å². The van der Waals surface area contributed by atoms with Gasteiger partial charge in [0.1, 0.15) is 0 Å². The van der Waals surface area contributed by atoms with Crippen LogP contribution in [-0.4, -0.2) is 48.8 Å². The van der Waals surface area contributed by atoms with Gasteiger partial charge in [-0.2, -0.15) is 0 Å². The molecule has 1 fully saturated rings. The molecule has 0 amide bonds. The van der Waals surface area contributed by atoms with Crippen LogP contribution in [0.2, 0.25) is 0 Å². The largest absolute Gasteiger partial charge is 0.372 e. The van der Waals surface area contributed by atoms with E-state index in [1.54, 1.807) is 0 Å². The molecule has 1 N–H and O–H groups in total. The van der Waals surface area contributed by atoms with Crippen molar-refractivity contribution in [1.82, 2.24) is 15.2 Å². The Morgan fingerprint density at radius 1 is 1.37 bits per heavy atom. The van der Waals surface area contributed by atoms with Gasteiger partial charge < -0.3 is 10.1 Å². The van der Waals surface area contributed by atoms with Crippen molar-refractivity contribution in [3.05, 3.63) is 30.1 Å². The van der Waals surface area contributed by atoms with Gasteiger partial charge in [0.15, 0.2) is 0 Å². The third-order valence-corrected chi connectivity index (χ3v) is 3.65. The Morgan fingerprint density at radius 2 is 2.21 bits per heavy atom. The molecule has 2 atom stereocenters. The number of aromatic nitrogens is 1. The highest BCUT2D eigenvalue weighted by Gasteiger charge is 2.26. The van der Waals surface area contributed by atoms with Crippen molar-refractivity contribution in [1.29, 1.82) is 0 Å². The lowest BCUT2D eigenvalue weighted by Crippen LogP contribution is -2.33. The summed E-state index contributed by atoms with van der Waals surface area (Å²) in [6, 6.07) is 6.09. The van der Waals surface area contributed by atoms with E-state index in [1.165, 1.54) is 12.8 Å². The topological polar surface area (TPSA) is 37.4 Å². The van der Waals surface area contributed by atoms with E-state index in [2.05, 4.69) is 28.2 Å². The Kier molecular flexibility index (Phi) is 5.76. The van der Waals surface area contributed by atoms with Crippen molar-refractivity contribution in [3.8, 4) is 0 Å². The summed E-state index contributed by atoms with van der Waals surface area (Å²) in [4.78, 5) is 6.80. The Bertz CT molecular complexity index is 358. The van der Waals surface area contributed by atoms with Crippen LogP contribution in [0.1, 0.15) is 25.5 Å². The lowest BCUT2D eigenvalue weighted by atomic mass is 10.2. The van der Waals surface area contributed by atoms with E-state index in [9.17, 15) is 0 Å². The SMILES string of the molecule is CCN(Cc1ccccn1)CC1CCC(CNC)O1. The van der Waals surface area contributed by atoms with Gasteiger partial charge in [-0.1, -0.05) is 13.0 Å². The number of nitrogens with one attached hydrogen (secondary N) is 1. The Hall–Kier alpha value is -0.970. The average molecular weight is 263 g/mol. The fraction of sp³-hybridized carbons (Fsp3) is 0.667. The molecular formula is C15H25N3O. The molecule has 0 spiro atoms. The standard InChI is InChI=1S/C15H25N3O/c1-3-18(11-13-6-4-5-9-17-13)12-15-8-7-14(19-15)10-16-2/h4-6,9,14-16H,3,7-8,10-12H2,1-2H3. The van der Waals surface area contributed by atoms with Gasteiger partial charge in [-0.25, -0.2) is 0 Å². The Labute approximate surface area is 116 Å². The minimum atomic E-state index is 0.377. The summed E-state index contributed by atoms with van der Waals surface area (Å²) in [7, 11) is 1.98. The molecule has 0 saturated carbocycles. The number of hydrogen-bond donors (Lipinski definition) is 1. The third-order valence-electron chi connectivity index (χ3n) is 3.65. The van der Waals surface area contributed by atoms with E-state index < -0.39 is 0 Å². The lowest BCUT2D eigenvalue weighted by Gasteiger charge is -2.24. The number of pyridine rings is 1. The average Bonchev–Trinajstić information content (AvgIpc) is 2.87. The lowest BCUT2D eigenvalue weighted by molar-refractivity contribution is 0.0234. The predicted octanol–water partition coefficient (Wildman–Crippen LogP) is 1.67. The van der Waals surface area contributed by atoms with Crippen LogP contribution in [0.5, 0.6) is 0 Å². The maximum absolute atomic E-state index is 6.05. The molecule has 106 valence electrons. The smallest absolute Gasteiger partial charge is 0.0707 e. The fourth-order valence-corrected chi connectivity index (χ4v) is 2.61. The van der Waals surface area contributed by atoms with E-state index in [-0.39, 0.29) is 0 Å². The number of ether oxygens (including phenoxy) is 1. The van der Waals surface area contributed by atoms with Gasteiger partial charge in [0.25, 0.3) is 0 Å². The summed E-state index contributed by atoms with van der Waals surface area (Å²) in [5, 5.41) is 3.19. The van der Waals surface area contributed by atoms with Crippen molar-refractivity contribution < 1.29 is 4.74 Å². The van der Waals surface area contributed by atoms with Crippen LogP contribution < -0.4 is 5.32 Å². The maximum Gasteiger partial charge on any atom is 0.0707 e. The highest BCUT2D eigenvalue weighted by molar-refractivity contribution is 5.03. The van der Waals surface area contributed by atoms with Gasteiger partial charge in [0.2, 0.25) is 0 Å². The van der Waals surface area contributed by atoms with E-state index in [1.807, 2.05) is 25.4 Å². The van der Waals surface area contributed by atoms with Crippen LogP contribution in [0.4, 0.5) is 0 Å². The van der Waals surface area contributed by atoms with Crippen LogP contribution >= 0.6 is 0 Å². The first-order valence-corrected chi connectivity index (χ1v) is 7.24. The zero-order chi connectivity index (χ0) is 13.5. The van der Waals surface area contributed by atoms with Gasteiger partial charge in [-0.05, 0) is 38.6 Å². The highest BCUT2D eigenvalue weighted by Crippen LogP contribution is 2.20. The van der Waals surface area contributed by atoms with E-state index in [0.717, 1.165) is 31.9 Å². The fourth-order valence-electron chi connectivity index (χ4n) is 2.61. The molecule has 0 bridgehead atoms. The molecule has 1 aliphatic heterocycles. The van der Waals surface area contributed by atoms with Crippen molar-refractivity contribution in [2.24, 2.45) is 0 Å². The van der Waals surface area contributed by atoms with Crippen LogP contribution in [0.15, 0.2) is 24.4 Å². The van der Waals surface area contributed by atoms with Gasteiger partial charge >= 0.3 is 0 Å². The quantitative estimate of drug-likeness (QED) is 0.812. The molecule has 0 aliphatic carbocycles. The maximum atomic E-state index is 6.05.